The van der Waals surface area contributed by atoms with Crippen LogP contribution < -0.4 is 16.8 Å². The predicted molar refractivity (Wildman–Crippen MR) is 88.9 cm³/mol. The zero-order valence-electron chi connectivity index (χ0n) is 13.9. The van der Waals surface area contributed by atoms with Crippen LogP contribution in [0.25, 0.3) is 11.5 Å². The van der Waals surface area contributed by atoms with Gasteiger partial charge in [0.15, 0.2) is 11.4 Å². The van der Waals surface area contributed by atoms with Gasteiger partial charge < -0.3 is 21.2 Å². The van der Waals surface area contributed by atoms with Crippen molar-refractivity contribution in [2.75, 3.05) is 11.1 Å². The van der Waals surface area contributed by atoms with Crippen LogP contribution in [0.4, 0.5) is 24.7 Å². The molecule has 0 bridgehead atoms. The fraction of sp³-hybridized carbons (Fsp3) is 0.133. The Labute approximate surface area is 154 Å². The topological polar surface area (TPSA) is 155 Å². The Morgan fingerprint density at radius 1 is 1.32 bits per heavy atom. The summed E-state index contributed by atoms with van der Waals surface area (Å²) >= 11 is 0. The van der Waals surface area contributed by atoms with Crippen molar-refractivity contribution in [1.29, 1.82) is 0 Å². The Hall–Kier alpha value is -3.90. The summed E-state index contributed by atoms with van der Waals surface area (Å²) in [7, 11) is 0. The standard InChI is InChI=1S/C15H12F3N7O3/c16-15(17,18)6-25-4-8(11(24-25)12(20)26)22-13(27)9-5-28-14(23-9)7-1-2-21-10(19)3-7/h1-5H,6H2,(H2,19,21)(H2,20,26)(H,22,27). The molecule has 0 atom stereocenters. The summed E-state index contributed by atoms with van der Waals surface area (Å²) < 4.78 is 43.2. The molecule has 3 rings (SSSR count). The van der Waals surface area contributed by atoms with E-state index in [2.05, 4.69) is 20.4 Å². The van der Waals surface area contributed by atoms with Crippen LogP contribution in [-0.2, 0) is 6.54 Å². The van der Waals surface area contributed by atoms with Gasteiger partial charge in [0.05, 0.1) is 5.69 Å². The molecule has 0 radical (unpaired) electrons. The first-order valence-corrected chi connectivity index (χ1v) is 7.55. The molecule has 0 spiro atoms. The lowest BCUT2D eigenvalue weighted by molar-refractivity contribution is -0.142. The van der Waals surface area contributed by atoms with Crippen molar-refractivity contribution in [2.45, 2.75) is 12.7 Å². The minimum Gasteiger partial charge on any atom is -0.444 e. The number of aromatic nitrogens is 4. The molecule has 2 amide bonds. The SMILES string of the molecule is NC(=O)c1nn(CC(F)(F)F)cc1NC(=O)c1coc(-c2ccnc(N)c2)n1. The van der Waals surface area contributed by atoms with Crippen molar-refractivity contribution in [2.24, 2.45) is 5.73 Å². The van der Waals surface area contributed by atoms with Crippen molar-refractivity contribution in [1.82, 2.24) is 19.7 Å². The second kappa shape index (κ2) is 7.02. The van der Waals surface area contributed by atoms with Crippen LogP contribution in [-0.4, -0.2) is 37.7 Å². The fourth-order valence-corrected chi connectivity index (χ4v) is 2.24. The number of amides is 2. The van der Waals surface area contributed by atoms with E-state index >= 15 is 0 Å². The summed E-state index contributed by atoms with van der Waals surface area (Å²) in [5.74, 6) is -1.66. The molecule has 0 fully saturated rings. The van der Waals surface area contributed by atoms with Crippen LogP contribution >= 0.6 is 0 Å². The summed E-state index contributed by atoms with van der Waals surface area (Å²) in [5, 5.41) is 5.69. The number of nitrogen functional groups attached to an aromatic ring is 1. The van der Waals surface area contributed by atoms with E-state index < -0.39 is 30.2 Å². The number of halogens is 3. The lowest BCUT2D eigenvalue weighted by Crippen LogP contribution is -2.19. The lowest BCUT2D eigenvalue weighted by Gasteiger charge is -2.04. The molecular formula is C15H12F3N7O3. The molecule has 3 aromatic heterocycles. The molecule has 0 saturated carbocycles. The average molecular weight is 395 g/mol. The maximum absolute atomic E-state index is 12.5. The van der Waals surface area contributed by atoms with Gasteiger partial charge >= 0.3 is 6.18 Å². The van der Waals surface area contributed by atoms with E-state index in [0.717, 1.165) is 12.5 Å². The number of hydrogen-bond donors (Lipinski definition) is 3. The first-order chi connectivity index (χ1) is 13.1. The second-order valence-corrected chi connectivity index (χ2v) is 5.53. The van der Waals surface area contributed by atoms with Crippen molar-refractivity contribution < 1.29 is 27.2 Å². The van der Waals surface area contributed by atoms with Gasteiger partial charge in [0.25, 0.3) is 11.8 Å². The summed E-state index contributed by atoms with van der Waals surface area (Å²) in [4.78, 5) is 31.5. The van der Waals surface area contributed by atoms with E-state index in [0.29, 0.717) is 10.2 Å². The number of nitrogens with two attached hydrogens (primary N) is 2. The molecule has 5 N–H and O–H groups in total. The molecule has 0 aliphatic carbocycles. The number of carbonyl (C=O) groups excluding carboxylic acids is 2. The summed E-state index contributed by atoms with van der Waals surface area (Å²) in [6, 6.07) is 3.02. The van der Waals surface area contributed by atoms with Crippen LogP contribution in [0, 0.1) is 0 Å². The maximum Gasteiger partial charge on any atom is 0.408 e. The largest absolute Gasteiger partial charge is 0.444 e. The number of rotatable bonds is 5. The third-order valence-corrected chi connectivity index (χ3v) is 3.35. The zero-order chi connectivity index (χ0) is 20.5. The normalized spacial score (nSPS) is 11.4. The summed E-state index contributed by atoms with van der Waals surface area (Å²) in [5.41, 5.74) is 10.1. The van der Waals surface area contributed by atoms with Gasteiger partial charge in [-0.25, -0.2) is 9.97 Å². The van der Waals surface area contributed by atoms with E-state index in [9.17, 15) is 22.8 Å². The van der Waals surface area contributed by atoms with Gasteiger partial charge in [-0.1, -0.05) is 0 Å². The third-order valence-electron chi connectivity index (χ3n) is 3.35. The van der Waals surface area contributed by atoms with Crippen molar-refractivity contribution in [3.63, 3.8) is 0 Å². The van der Waals surface area contributed by atoms with Crippen LogP contribution in [0.3, 0.4) is 0 Å². The molecular weight excluding hydrogens is 383 g/mol. The van der Waals surface area contributed by atoms with Crippen LogP contribution in [0.5, 0.6) is 0 Å². The lowest BCUT2D eigenvalue weighted by atomic mass is 10.2. The first kappa shape index (κ1) is 18.9. The van der Waals surface area contributed by atoms with Crippen molar-refractivity contribution in [3.05, 3.63) is 42.2 Å². The Balaban J connectivity index is 1.82. The highest BCUT2D eigenvalue weighted by molar-refractivity contribution is 6.07. The van der Waals surface area contributed by atoms with Crippen LogP contribution in [0.15, 0.2) is 35.2 Å². The number of pyridine rings is 1. The molecule has 10 nitrogen and oxygen atoms in total. The second-order valence-electron chi connectivity index (χ2n) is 5.53. The third kappa shape index (κ3) is 4.25. The molecule has 3 heterocycles. The number of carbonyl (C=O) groups is 2. The van der Waals surface area contributed by atoms with E-state index in [4.69, 9.17) is 15.9 Å². The molecule has 0 unspecified atom stereocenters. The molecule has 3 aromatic rings. The maximum atomic E-state index is 12.5. The van der Waals surface area contributed by atoms with E-state index in [1.165, 1.54) is 12.3 Å². The monoisotopic (exact) mass is 395 g/mol. The van der Waals surface area contributed by atoms with Gasteiger partial charge in [-0.15, -0.1) is 0 Å². The molecule has 28 heavy (non-hydrogen) atoms. The number of nitrogens with one attached hydrogen (secondary N) is 1. The highest BCUT2D eigenvalue weighted by atomic mass is 19.4. The Kier molecular flexibility index (Phi) is 4.73. The minimum absolute atomic E-state index is 0.0714. The highest BCUT2D eigenvalue weighted by Crippen LogP contribution is 2.22. The van der Waals surface area contributed by atoms with Gasteiger partial charge in [0.2, 0.25) is 5.89 Å². The Bertz CT molecular complexity index is 1040. The Morgan fingerprint density at radius 2 is 2.07 bits per heavy atom. The molecule has 13 heteroatoms. The fourth-order valence-electron chi connectivity index (χ4n) is 2.24. The van der Waals surface area contributed by atoms with Crippen molar-refractivity contribution in [3.8, 4) is 11.5 Å². The quantitative estimate of drug-likeness (QED) is 0.590. The van der Waals surface area contributed by atoms with Gasteiger partial charge in [-0.2, -0.15) is 18.3 Å². The van der Waals surface area contributed by atoms with E-state index in [1.807, 2.05) is 0 Å². The molecule has 146 valence electrons. The molecule has 0 aliphatic rings. The van der Waals surface area contributed by atoms with Crippen LogP contribution in [0.1, 0.15) is 21.0 Å². The van der Waals surface area contributed by atoms with Crippen molar-refractivity contribution >= 4 is 23.3 Å². The van der Waals surface area contributed by atoms with Gasteiger partial charge in [-0.3, -0.25) is 14.3 Å². The number of oxazole rings is 1. The van der Waals surface area contributed by atoms with Gasteiger partial charge in [0.1, 0.15) is 18.6 Å². The first-order valence-electron chi connectivity index (χ1n) is 7.55. The van der Waals surface area contributed by atoms with Gasteiger partial charge in [-0.05, 0) is 12.1 Å². The minimum atomic E-state index is -4.57. The molecule has 0 aliphatic heterocycles. The zero-order valence-corrected chi connectivity index (χ0v) is 13.9. The van der Waals surface area contributed by atoms with E-state index in [1.54, 1.807) is 6.07 Å². The van der Waals surface area contributed by atoms with Crippen LogP contribution in [0.2, 0.25) is 0 Å². The summed E-state index contributed by atoms with van der Waals surface area (Å²) in [6.45, 7) is -1.46. The molecule has 0 saturated heterocycles. The smallest absolute Gasteiger partial charge is 0.408 e. The number of alkyl halides is 3. The molecule has 0 aromatic carbocycles. The number of hydrogen-bond acceptors (Lipinski definition) is 7. The number of anilines is 2. The summed E-state index contributed by atoms with van der Waals surface area (Å²) in [6.07, 6.45) is -1.28. The number of nitrogens with zero attached hydrogens (tertiary/aromatic N) is 4. The van der Waals surface area contributed by atoms with E-state index in [-0.39, 0.29) is 23.1 Å². The van der Waals surface area contributed by atoms with Gasteiger partial charge in [0, 0.05) is 18.0 Å². The Morgan fingerprint density at radius 3 is 2.71 bits per heavy atom. The highest BCUT2D eigenvalue weighted by Gasteiger charge is 2.30. The number of primary amides is 1. The predicted octanol–water partition coefficient (Wildman–Crippen LogP) is 1.43. The average Bonchev–Trinajstić information content (AvgIpc) is 3.20.